The van der Waals surface area contributed by atoms with Gasteiger partial charge in [0.2, 0.25) is 0 Å². The van der Waals surface area contributed by atoms with Crippen molar-refractivity contribution < 1.29 is 8.69 Å². The zero-order valence-electron chi connectivity index (χ0n) is 8.73. The van der Waals surface area contributed by atoms with E-state index >= 15 is 0 Å². The highest BCUT2D eigenvalue weighted by atomic mass is 32.1. The van der Waals surface area contributed by atoms with E-state index in [4.69, 9.17) is 10.5 Å². The number of hydrogen-bond donors (Lipinski definition) is 1. The average molecular weight is 221 g/mol. The quantitative estimate of drug-likeness (QED) is 0.620. The van der Waals surface area contributed by atoms with E-state index in [0.717, 1.165) is 16.9 Å². The predicted octanol–water partition coefficient (Wildman–Crippen LogP) is 1.83. The molecular weight excluding hydrogens is 208 g/mol. The lowest BCUT2D eigenvalue weighted by atomic mass is 10.1. The molecule has 0 radical (unpaired) electrons. The summed E-state index contributed by atoms with van der Waals surface area (Å²) in [4.78, 5) is 0. The van der Waals surface area contributed by atoms with E-state index < -0.39 is 0 Å². The maximum atomic E-state index is 5.85. The Morgan fingerprint density at radius 1 is 1.40 bits per heavy atom. The molecule has 0 bridgehead atoms. The summed E-state index contributed by atoms with van der Waals surface area (Å²) in [5.74, 6) is 0.746. The fraction of sp³-hybridized carbons (Fsp3) is 0.182. The highest BCUT2D eigenvalue weighted by Crippen LogP contribution is 2.34. The van der Waals surface area contributed by atoms with Crippen LogP contribution >= 0.6 is 11.5 Å². The van der Waals surface area contributed by atoms with Gasteiger partial charge in [0.15, 0.2) is 13.2 Å². The number of hydrogen-bond acceptors (Lipinski definition) is 3. The van der Waals surface area contributed by atoms with Gasteiger partial charge in [-0.05, 0) is 6.07 Å². The van der Waals surface area contributed by atoms with Crippen molar-refractivity contribution in [3.63, 3.8) is 0 Å². The standard InChI is InChI=1S/C11H13N2OS/c1-13-6-8(7-15-13)9-4-3-5-10(12)11(9)14-2/h3-7H,12H2,1-2H3/q+1. The number of aryl methyl sites for hydroxylation is 1. The van der Waals surface area contributed by atoms with E-state index in [1.54, 1.807) is 18.6 Å². The molecule has 0 fully saturated rings. The van der Waals surface area contributed by atoms with Crippen molar-refractivity contribution in [1.29, 1.82) is 0 Å². The fourth-order valence-electron chi connectivity index (χ4n) is 1.54. The molecule has 0 amide bonds. The van der Waals surface area contributed by atoms with Crippen LogP contribution in [0.3, 0.4) is 0 Å². The summed E-state index contributed by atoms with van der Waals surface area (Å²) in [5, 5.41) is 2.08. The summed E-state index contributed by atoms with van der Waals surface area (Å²) in [6.07, 6.45) is 2.06. The second-order valence-corrected chi connectivity index (χ2v) is 4.30. The van der Waals surface area contributed by atoms with Crippen LogP contribution in [-0.4, -0.2) is 7.11 Å². The van der Waals surface area contributed by atoms with E-state index in [9.17, 15) is 0 Å². The van der Waals surface area contributed by atoms with Gasteiger partial charge < -0.3 is 10.5 Å². The molecule has 1 aromatic heterocycles. The fourth-order valence-corrected chi connectivity index (χ4v) is 2.18. The molecule has 0 spiro atoms. The van der Waals surface area contributed by atoms with Crippen molar-refractivity contribution in [3.05, 3.63) is 29.8 Å². The predicted molar refractivity (Wildman–Crippen MR) is 61.9 cm³/mol. The summed E-state index contributed by atoms with van der Waals surface area (Å²) >= 11 is 1.64. The number of nitrogen functional groups attached to an aromatic ring is 1. The third-order valence-corrected chi connectivity index (χ3v) is 3.02. The number of nitrogens with zero attached hydrogens (tertiary/aromatic N) is 1. The van der Waals surface area contributed by atoms with Crippen LogP contribution in [0.4, 0.5) is 5.69 Å². The van der Waals surface area contributed by atoms with E-state index in [2.05, 4.69) is 11.6 Å². The molecule has 3 nitrogen and oxygen atoms in total. The Kier molecular flexibility index (Phi) is 2.60. The zero-order valence-corrected chi connectivity index (χ0v) is 9.54. The Morgan fingerprint density at radius 2 is 2.20 bits per heavy atom. The van der Waals surface area contributed by atoms with E-state index in [-0.39, 0.29) is 0 Å². The minimum absolute atomic E-state index is 0.670. The maximum Gasteiger partial charge on any atom is 0.191 e. The van der Waals surface area contributed by atoms with Gasteiger partial charge in [-0.2, -0.15) is 0 Å². The Morgan fingerprint density at radius 3 is 2.80 bits per heavy atom. The monoisotopic (exact) mass is 221 g/mol. The van der Waals surface area contributed by atoms with Gasteiger partial charge >= 0.3 is 0 Å². The average Bonchev–Trinajstić information content (AvgIpc) is 2.64. The lowest BCUT2D eigenvalue weighted by Gasteiger charge is -2.08. The number of rotatable bonds is 2. The second kappa shape index (κ2) is 3.90. The molecule has 0 saturated heterocycles. The maximum absolute atomic E-state index is 5.85. The largest absolute Gasteiger partial charge is 0.494 e. The molecule has 0 saturated carbocycles. The molecule has 0 atom stereocenters. The first-order valence-corrected chi connectivity index (χ1v) is 5.43. The van der Waals surface area contributed by atoms with Gasteiger partial charge in [0, 0.05) is 5.56 Å². The normalized spacial score (nSPS) is 10.3. The van der Waals surface area contributed by atoms with Gasteiger partial charge in [0.1, 0.15) is 17.3 Å². The highest BCUT2D eigenvalue weighted by molar-refractivity contribution is 6.99. The van der Waals surface area contributed by atoms with E-state index in [1.807, 2.05) is 29.2 Å². The molecule has 2 rings (SSSR count). The first-order valence-electron chi connectivity index (χ1n) is 4.60. The van der Waals surface area contributed by atoms with Crippen molar-refractivity contribution in [2.75, 3.05) is 12.8 Å². The Balaban J connectivity index is 2.57. The summed E-state index contributed by atoms with van der Waals surface area (Å²) in [5.41, 5.74) is 8.69. The van der Waals surface area contributed by atoms with Gasteiger partial charge in [0.05, 0.1) is 23.7 Å². The number of nitrogens with two attached hydrogens (primary N) is 1. The van der Waals surface area contributed by atoms with Crippen LogP contribution < -0.4 is 14.4 Å². The SMILES string of the molecule is COc1c(N)cccc1-c1cs[n+](C)c1. The third kappa shape index (κ3) is 1.80. The Labute approximate surface area is 92.9 Å². The third-order valence-electron chi connectivity index (χ3n) is 2.23. The Hall–Kier alpha value is -1.55. The number of ether oxygens (including phenoxy) is 1. The molecule has 0 aliphatic heterocycles. The second-order valence-electron chi connectivity index (χ2n) is 3.28. The molecule has 1 aromatic carbocycles. The molecule has 1 heterocycles. The zero-order chi connectivity index (χ0) is 10.8. The van der Waals surface area contributed by atoms with Gasteiger partial charge in [-0.15, -0.1) is 3.96 Å². The van der Waals surface area contributed by atoms with Crippen LogP contribution in [0, 0.1) is 0 Å². The molecular formula is C11H13N2OS+. The lowest BCUT2D eigenvalue weighted by Crippen LogP contribution is -2.19. The molecule has 0 unspecified atom stereocenters. The molecule has 2 N–H and O–H groups in total. The smallest absolute Gasteiger partial charge is 0.191 e. The molecule has 15 heavy (non-hydrogen) atoms. The summed E-state index contributed by atoms with van der Waals surface area (Å²) < 4.78 is 7.35. The highest BCUT2D eigenvalue weighted by Gasteiger charge is 2.12. The van der Waals surface area contributed by atoms with Crippen LogP contribution in [0.25, 0.3) is 11.1 Å². The van der Waals surface area contributed by atoms with Crippen molar-refractivity contribution in [2.45, 2.75) is 0 Å². The number of anilines is 1. The summed E-state index contributed by atoms with van der Waals surface area (Å²) in [6, 6.07) is 5.79. The van der Waals surface area contributed by atoms with Gasteiger partial charge in [0.25, 0.3) is 0 Å². The molecule has 4 heteroatoms. The van der Waals surface area contributed by atoms with E-state index in [0.29, 0.717) is 5.69 Å². The van der Waals surface area contributed by atoms with Crippen LogP contribution in [0.2, 0.25) is 0 Å². The number of para-hydroxylation sites is 1. The van der Waals surface area contributed by atoms with Crippen LogP contribution in [0.1, 0.15) is 0 Å². The molecule has 78 valence electrons. The van der Waals surface area contributed by atoms with Crippen molar-refractivity contribution >= 4 is 17.2 Å². The lowest BCUT2D eigenvalue weighted by molar-refractivity contribution is -0.600. The summed E-state index contributed by atoms with van der Waals surface area (Å²) in [7, 11) is 3.65. The van der Waals surface area contributed by atoms with Gasteiger partial charge in [-0.3, -0.25) is 0 Å². The number of methoxy groups -OCH3 is 1. The Bertz CT molecular complexity index is 479. The van der Waals surface area contributed by atoms with Gasteiger partial charge in [-0.1, -0.05) is 12.1 Å². The van der Waals surface area contributed by atoms with Crippen molar-refractivity contribution in [1.82, 2.24) is 0 Å². The molecule has 0 aliphatic carbocycles. The topological polar surface area (TPSA) is 39.1 Å². The molecule has 2 aromatic rings. The first kappa shape index (κ1) is 9.98. The van der Waals surface area contributed by atoms with Crippen LogP contribution in [0.15, 0.2) is 29.8 Å². The van der Waals surface area contributed by atoms with Crippen molar-refractivity contribution in [3.8, 4) is 16.9 Å². The minimum atomic E-state index is 0.670. The van der Waals surface area contributed by atoms with Gasteiger partial charge in [-0.25, -0.2) is 0 Å². The minimum Gasteiger partial charge on any atom is -0.494 e. The van der Waals surface area contributed by atoms with Crippen molar-refractivity contribution in [2.24, 2.45) is 7.05 Å². The first-order chi connectivity index (χ1) is 7.22. The van der Waals surface area contributed by atoms with Crippen LogP contribution in [-0.2, 0) is 7.05 Å². The number of aromatic nitrogens is 1. The summed E-state index contributed by atoms with van der Waals surface area (Å²) in [6.45, 7) is 0. The van der Waals surface area contributed by atoms with Crippen LogP contribution in [0.5, 0.6) is 5.75 Å². The molecule has 0 aliphatic rings. The number of benzene rings is 1. The van der Waals surface area contributed by atoms with E-state index in [1.165, 1.54) is 0 Å².